The molecule has 0 aromatic heterocycles. The minimum absolute atomic E-state index is 0.0409. The van der Waals surface area contributed by atoms with Crippen molar-refractivity contribution in [3.63, 3.8) is 0 Å². The molecule has 0 spiro atoms. The molecule has 20 heavy (non-hydrogen) atoms. The van der Waals surface area contributed by atoms with E-state index >= 15 is 0 Å². The monoisotopic (exact) mass is 283 g/mol. The summed E-state index contributed by atoms with van der Waals surface area (Å²) in [7, 11) is 0. The number of nitrogens with zero attached hydrogens (tertiary/aromatic N) is 1. The molecule has 0 atom stereocenters. The average molecular weight is 283 g/mol. The highest BCUT2D eigenvalue weighted by Gasteiger charge is 2.43. The van der Waals surface area contributed by atoms with Crippen LogP contribution in [0, 0.1) is 22.2 Å². The van der Waals surface area contributed by atoms with E-state index in [4.69, 9.17) is 4.74 Å². The highest BCUT2D eigenvalue weighted by Crippen LogP contribution is 2.41. The normalized spacial score (nSPS) is 24.3. The van der Waals surface area contributed by atoms with E-state index in [2.05, 4.69) is 39.5 Å². The Hall–Kier alpha value is -0.120. The Morgan fingerprint density at radius 1 is 1.15 bits per heavy atom. The maximum absolute atomic E-state index is 9.58. The van der Waals surface area contributed by atoms with Gasteiger partial charge in [0.1, 0.15) is 0 Å². The lowest BCUT2D eigenvalue weighted by Crippen LogP contribution is -2.54. The molecule has 0 aliphatic carbocycles. The van der Waals surface area contributed by atoms with Gasteiger partial charge in [-0.15, -0.1) is 0 Å². The zero-order valence-corrected chi connectivity index (χ0v) is 14.0. The molecule has 2 aliphatic rings. The third-order valence-corrected chi connectivity index (χ3v) is 4.59. The molecule has 0 unspecified atom stereocenters. The minimum atomic E-state index is 0.0409. The van der Waals surface area contributed by atoms with Crippen molar-refractivity contribution in [3.05, 3.63) is 0 Å². The molecule has 2 rings (SSSR count). The second kappa shape index (κ2) is 5.58. The highest BCUT2D eigenvalue weighted by atomic mass is 16.5. The van der Waals surface area contributed by atoms with Gasteiger partial charge >= 0.3 is 0 Å². The fourth-order valence-corrected chi connectivity index (χ4v) is 4.12. The van der Waals surface area contributed by atoms with E-state index in [-0.39, 0.29) is 17.4 Å². The highest BCUT2D eigenvalue weighted by molar-refractivity contribution is 4.93. The van der Waals surface area contributed by atoms with Crippen molar-refractivity contribution in [2.24, 2.45) is 22.2 Å². The van der Waals surface area contributed by atoms with Crippen molar-refractivity contribution in [2.75, 3.05) is 39.5 Å². The van der Waals surface area contributed by atoms with Crippen LogP contribution in [0.3, 0.4) is 0 Å². The summed E-state index contributed by atoms with van der Waals surface area (Å²) in [5.41, 5.74) is 0.759. The van der Waals surface area contributed by atoms with E-state index < -0.39 is 0 Å². The van der Waals surface area contributed by atoms with Gasteiger partial charge in [0.25, 0.3) is 0 Å². The van der Waals surface area contributed by atoms with Crippen LogP contribution in [-0.2, 0) is 4.74 Å². The SMILES string of the molecule is CC(C)(C)CC1CN(CC(C)(C)CC2(CO)COC2)C1. The summed E-state index contributed by atoms with van der Waals surface area (Å²) < 4.78 is 5.32. The lowest BCUT2D eigenvalue weighted by atomic mass is 9.71. The van der Waals surface area contributed by atoms with E-state index in [1.54, 1.807) is 0 Å². The smallest absolute Gasteiger partial charge is 0.0567 e. The zero-order chi connectivity index (χ0) is 15.0. The molecule has 0 aromatic rings. The summed E-state index contributed by atoms with van der Waals surface area (Å²) >= 11 is 0. The summed E-state index contributed by atoms with van der Waals surface area (Å²) in [5, 5.41) is 9.58. The quantitative estimate of drug-likeness (QED) is 0.813. The first-order valence-corrected chi connectivity index (χ1v) is 8.04. The Balaban J connectivity index is 1.74. The van der Waals surface area contributed by atoms with Gasteiger partial charge in [-0.05, 0) is 29.6 Å². The molecule has 0 amide bonds. The molecule has 0 radical (unpaired) electrons. The van der Waals surface area contributed by atoms with E-state index in [0.29, 0.717) is 5.41 Å². The predicted molar refractivity (Wildman–Crippen MR) is 82.7 cm³/mol. The number of rotatable bonds is 6. The molecule has 118 valence electrons. The van der Waals surface area contributed by atoms with Gasteiger partial charge in [0.05, 0.1) is 19.8 Å². The molecule has 3 heteroatoms. The molecule has 3 nitrogen and oxygen atoms in total. The molecule has 1 N–H and O–H groups in total. The van der Waals surface area contributed by atoms with Gasteiger partial charge in [-0.25, -0.2) is 0 Å². The maximum atomic E-state index is 9.58. The van der Waals surface area contributed by atoms with Crippen LogP contribution in [0.25, 0.3) is 0 Å². The Morgan fingerprint density at radius 2 is 1.75 bits per heavy atom. The van der Waals surface area contributed by atoms with Gasteiger partial charge in [-0.1, -0.05) is 34.6 Å². The van der Waals surface area contributed by atoms with E-state index in [9.17, 15) is 5.11 Å². The Kier molecular flexibility index (Phi) is 4.54. The van der Waals surface area contributed by atoms with Crippen LogP contribution in [0.15, 0.2) is 0 Å². The summed E-state index contributed by atoms with van der Waals surface area (Å²) in [6, 6.07) is 0. The standard InChI is InChI=1S/C17H33NO2/c1-15(2,3)6-14-7-18(8-14)10-16(4,5)9-17(11-19)12-20-13-17/h14,19H,6-13H2,1-5H3. The van der Waals surface area contributed by atoms with Crippen molar-refractivity contribution in [2.45, 2.75) is 47.5 Å². The first-order chi connectivity index (χ1) is 9.13. The molecule has 0 saturated carbocycles. The van der Waals surface area contributed by atoms with Crippen molar-refractivity contribution in [1.29, 1.82) is 0 Å². The summed E-state index contributed by atoms with van der Waals surface area (Å²) in [5.74, 6) is 0.879. The molecule has 2 saturated heterocycles. The Morgan fingerprint density at radius 3 is 2.15 bits per heavy atom. The number of aliphatic hydroxyl groups is 1. The molecule has 2 fully saturated rings. The Bertz CT molecular complexity index is 317. The second-order valence-corrected chi connectivity index (χ2v) is 9.32. The zero-order valence-electron chi connectivity index (χ0n) is 14.0. The molecule has 2 heterocycles. The van der Waals surface area contributed by atoms with Crippen LogP contribution < -0.4 is 0 Å². The molecular weight excluding hydrogens is 250 g/mol. The average Bonchev–Trinajstić information content (AvgIpc) is 2.18. The Labute approximate surface area is 124 Å². The van der Waals surface area contributed by atoms with Gasteiger partial charge in [0.2, 0.25) is 0 Å². The van der Waals surface area contributed by atoms with Crippen LogP contribution in [0.2, 0.25) is 0 Å². The summed E-state index contributed by atoms with van der Waals surface area (Å²) in [4.78, 5) is 2.58. The predicted octanol–water partition coefficient (Wildman–Crippen LogP) is 2.78. The first kappa shape index (κ1) is 16.3. The maximum Gasteiger partial charge on any atom is 0.0567 e. The minimum Gasteiger partial charge on any atom is -0.396 e. The second-order valence-electron chi connectivity index (χ2n) is 9.32. The van der Waals surface area contributed by atoms with Crippen LogP contribution in [0.1, 0.15) is 47.5 Å². The molecule has 2 aliphatic heterocycles. The fraction of sp³-hybridized carbons (Fsp3) is 1.00. The van der Waals surface area contributed by atoms with Gasteiger partial charge in [0.15, 0.2) is 0 Å². The lowest BCUT2D eigenvalue weighted by Gasteiger charge is -2.49. The number of hydrogen-bond acceptors (Lipinski definition) is 3. The third kappa shape index (κ3) is 4.19. The summed E-state index contributed by atoms with van der Waals surface area (Å²) in [6.45, 7) is 17.1. The fourth-order valence-electron chi connectivity index (χ4n) is 4.12. The van der Waals surface area contributed by atoms with Crippen molar-refractivity contribution < 1.29 is 9.84 Å². The van der Waals surface area contributed by atoms with Gasteiger partial charge in [0, 0.05) is 25.0 Å². The van der Waals surface area contributed by atoms with E-state index in [1.807, 2.05) is 0 Å². The molecule has 0 bridgehead atoms. The number of hydrogen-bond donors (Lipinski definition) is 1. The van der Waals surface area contributed by atoms with Crippen LogP contribution in [0.5, 0.6) is 0 Å². The topological polar surface area (TPSA) is 32.7 Å². The van der Waals surface area contributed by atoms with Crippen LogP contribution in [-0.4, -0.2) is 49.5 Å². The van der Waals surface area contributed by atoms with Gasteiger partial charge in [-0.2, -0.15) is 0 Å². The number of ether oxygens (including phenoxy) is 1. The van der Waals surface area contributed by atoms with Crippen molar-refractivity contribution >= 4 is 0 Å². The van der Waals surface area contributed by atoms with E-state index in [0.717, 1.165) is 32.1 Å². The summed E-state index contributed by atoms with van der Waals surface area (Å²) in [6.07, 6.45) is 2.40. The van der Waals surface area contributed by atoms with Crippen molar-refractivity contribution in [3.8, 4) is 0 Å². The molecular formula is C17H33NO2. The number of likely N-dealkylation sites (tertiary alicyclic amines) is 1. The molecule has 0 aromatic carbocycles. The number of aliphatic hydroxyl groups excluding tert-OH is 1. The van der Waals surface area contributed by atoms with Gasteiger partial charge in [-0.3, -0.25) is 0 Å². The largest absolute Gasteiger partial charge is 0.396 e. The van der Waals surface area contributed by atoms with Gasteiger partial charge < -0.3 is 14.7 Å². The van der Waals surface area contributed by atoms with E-state index in [1.165, 1.54) is 19.5 Å². The van der Waals surface area contributed by atoms with Crippen molar-refractivity contribution in [1.82, 2.24) is 4.90 Å². The van der Waals surface area contributed by atoms with Crippen LogP contribution in [0.4, 0.5) is 0 Å². The first-order valence-electron chi connectivity index (χ1n) is 8.04. The third-order valence-electron chi connectivity index (χ3n) is 4.59. The van der Waals surface area contributed by atoms with Crippen LogP contribution >= 0.6 is 0 Å². The lowest BCUT2D eigenvalue weighted by molar-refractivity contribution is -0.157.